The highest BCUT2D eigenvalue weighted by Crippen LogP contribution is 2.45. The Bertz CT molecular complexity index is 815. The zero-order chi connectivity index (χ0) is 18.4. The van der Waals surface area contributed by atoms with Gasteiger partial charge in [0.2, 0.25) is 0 Å². The van der Waals surface area contributed by atoms with Crippen molar-refractivity contribution in [3.8, 4) is 5.75 Å². The molecule has 2 aromatic rings. The van der Waals surface area contributed by atoms with Crippen LogP contribution in [0.4, 0.5) is 5.82 Å². The van der Waals surface area contributed by atoms with Gasteiger partial charge in [-0.05, 0) is 51.4 Å². The number of nitrogens with zero attached hydrogens (tertiary/aromatic N) is 4. The molecule has 0 spiro atoms. The maximum absolute atomic E-state index is 5.32. The van der Waals surface area contributed by atoms with E-state index >= 15 is 0 Å². The number of ether oxygens (including phenoxy) is 1. The van der Waals surface area contributed by atoms with E-state index in [1.54, 1.807) is 7.11 Å². The zero-order valence-corrected chi connectivity index (χ0v) is 18.8. The summed E-state index contributed by atoms with van der Waals surface area (Å²) in [7, 11) is 3.97. The van der Waals surface area contributed by atoms with Gasteiger partial charge in [-0.1, -0.05) is 12.1 Å². The molecule has 3 atom stereocenters. The van der Waals surface area contributed by atoms with Crippen molar-refractivity contribution < 1.29 is 4.74 Å². The summed E-state index contributed by atoms with van der Waals surface area (Å²) in [6.07, 6.45) is 0. The highest BCUT2D eigenvalue weighted by molar-refractivity contribution is 5.85. The first-order chi connectivity index (χ1) is 12.5. The van der Waals surface area contributed by atoms with Crippen LogP contribution in [0.15, 0.2) is 24.3 Å². The third kappa shape index (κ3) is 3.93. The molecule has 0 unspecified atom stereocenters. The standard InChI is InChI=1S/C21H28N4O.2ClH/c1-13-14(2)22-15(3)23-21(13)25-11-17-10-24(4)20(19(17)12-25)16-6-8-18(26-5)9-7-16;;/h6-9,17,19-20H,10-12H2,1-5H3;2*1H/t17-,19+,20-;;/m0../s1. The van der Waals surface area contributed by atoms with Crippen molar-refractivity contribution in [2.75, 3.05) is 38.7 Å². The Morgan fingerprint density at radius 2 is 1.64 bits per heavy atom. The Hall–Kier alpha value is -1.56. The Morgan fingerprint density at radius 1 is 0.964 bits per heavy atom. The van der Waals surface area contributed by atoms with E-state index in [1.807, 2.05) is 6.92 Å². The van der Waals surface area contributed by atoms with E-state index < -0.39 is 0 Å². The van der Waals surface area contributed by atoms with E-state index in [-0.39, 0.29) is 24.8 Å². The summed E-state index contributed by atoms with van der Waals surface area (Å²) < 4.78 is 5.32. The minimum absolute atomic E-state index is 0. The number of hydrogen-bond acceptors (Lipinski definition) is 5. The first-order valence-corrected chi connectivity index (χ1v) is 9.39. The number of fused-ring (bicyclic) bond motifs is 1. The second-order valence-corrected chi connectivity index (χ2v) is 7.79. The molecular formula is C21H30Cl2N4O. The smallest absolute Gasteiger partial charge is 0.135 e. The van der Waals surface area contributed by atoms with Crippen LogP contribution in [0.5, 0.6) is 5.75 Å². The number of aromatic nitrogens is 2. The van der Waals surface area contributed by atoms with E-state index in [0.717, 1.165) is 42.7 Å². The van der Waals surface area contributed by atoms with Crippen LogP contribution >= 0.6 is 24.8 Å². The largest absolute Gasteiger partial charge is 0.497 e. The lowest BCUT2D eigenvalue weighted by atomic mass is 9.89. The number of rotatable bonds is 3. The summed E-state index contributed by atoms with van der Waals surface area (Å²) in [5, 5.41) is 0. The van der Waals surface area contributed by atoms with E-state index in [0.29, 0.717) is 17.9 Å². The molecule has 154 valence electrons. The van der Waals surface area contributed by atoms with E-state index in [1.165, 1.54) is 11.1 Å². The molecule has 2 saturated heterocycles. The van der Waals surface area contributed by atoms with Crippen LogP contribution < -0.4 is 9.64 Å². The first-order valence-electron chi connectivity index (χ1n) is 9.39. The molecule has 2 fully saturated rings. The van der Waals surface area contributed by atoms with Crippen molar-refractivity contribution in [2.24, 2.45) is 11.8 Å². The zero-order valence-electron chi connectivity index (χ0n) is 17.2. The van der Waals surface area contributed by atoms with E-state index in [9.17, 15) is 0 Å². The van der Waals surface area contributed by atoms with Crippen LogP contribution in [0.25, 0.3) is 0 Å². The Morgan fingerprint density at radius 3 is 2.29 bits per heavy atom. The monoisotopic (exact) mass is 424 g/mol. The van der Waals surface area contributed by atoms with E-state index in [2.05, 4.69) is 59.9 Å². The predicted molar refractivity (Wildman–Crippen MR) is 118 cm³/mol. The van der Waals surface area contributed by atoms with Crippen molar-refractivity contribution in [3.05, 3.63) is 46.9 Å². The molecule has 3 heterocycles. The number of benzene rings is 1. The molecule has 1 aromatic carbocycles. The fourth-order valence-electron chi connectivity index (χ4n) is 4.79. The number of methoxy groups -OCH3 is 1. The number of hydrogen-bond donors (Lipinski definition) is 0. The number of aryl methyl sites for hydroxylation is 2. The van der Waals surface area contributed by atoms with Crippen LogP contribution in [0.2, 0.25) is 0 Å². The second kappa shape index (κ2) is 8.85. The summed E-state index contributed by atoms with van der Waals surface area (Å²) >= 11 is 0. The Labute approximate surface area is 180 Å². The Balaban J connectivity index is 0.00000140. The van der Waals surface area contributed by atoms with Gasteiger partial charge in [0.15, 0.2) is 0 Å². The molecule has 0 bridgehead atoms. The molecule has 1 aromatic heterocycles. The van der Waals surface area contributed by atoms with Crippen LogP contribution in [-0.4, -0.2) is 48.7 Å². The van der Waals surface area contributed by atoms with Crippen molar-refractivity contribution >= 4 is 30.6 Å². The maximum atomic E-state index is 5.32. The van der Waals surface area contributed by atoms with Crippen LogP contribution in [0.1, 0.15) is 28.7 Å². The van der Waals surface area contributed by atoms with Gasteiger partial charge in [0, 0.05) is 42.9 Å². The van der Waals surface area contributed by atoms with Gasteiger partial charge < -0.3 is 9.64 Å². The lowest BCUT2D eigenvalue weighted by Gasteiger charge is -2.28. The molecule has 0 radical (unpaired) electrons. The molecular weight excluding hydrogens is 395 g/mol. The highest BCUT2D eigenvalue weighted by Gasteiger charge is 2.46. The van der Waals surface area contributed by atoms with E-state index in [4.69, 9.17) is 9.72 Å². The fraction of sp³-hybridized carbons (Fsp3) is 0.524. The van der Waals surface area contributed by atoms with Gasteiger partial charge in [-0.3, -0.25) is 4.90 Å². The van der Waals surface area contributed by atoms with Gasteiger partial charge in [-0.15, -0.1) is 24.8 Å². The van der Waals surface area contributed by atoms with Crippen molar-refractivity contribution in [2.45, 2.75) is 26.8 Å². The van der Waals surface area contributed by atoms with Crippen molar-refractivity contribution in [1.29, 1.82) is 0 Å². The fourth-order valence-corrected chi connectivity index (χ4v) is 4.79. The summed E-state index contributed by atoms with van der Waals surface area (Å²) in [5.41, 5.74) is 3.69. The predicted octanol–water partition coefficient (Wildman–Crippen LogP) is 3.99. The number of halogens is 2. The molecule has 2 aliphatic heterocycles. The van der Waals surface area contributed by atoms with Crippen molar-refractivity contribution in [3.63, 3.8) is 0 Å². The first kappa shape index (κ1) is 22.7. The summed E-state index contributed by atoms with van der Waals surface area (Å²) in [6, 6.07) is 9.04. The molecule has 0 N–H and O–H groups in total. The lowest BCUT2D eigenvalue weighted by molar-refractivity contribution is 0.279. The molecule has 28 heavy (non-hydrogen) atoms. The minimum atomic E-state index is 0. The maximum Gasteiger partial charge on any atom is 0.135 e. The summed E-state index contributed by atoms with van der Waals surface area (Å²) in [6.45, 7) is 9.49. The van der Waals surface area contributed by atoms with Crippen LogP contribution in [0, 0.1) is 32.6 Å². The summed E-state index contributed by atoms with van der Waals surface area (Å²) in [4.78, 5) is 14.3. The summed E-state index contributed by atoms with van der Waals surface area (Å²) in [5.74, 6) is 4.22. The normalized spacial score (nSPS) is 23.8. The number of likely N-dealkylation sites (tertiary alicyclic amines) is 1. The molecule has 2 aliphatic rings. The van der Waals surface area contributed by atoms with Crippen LogP contribution in [0.3, 0.4) is 0 Å². The molecule has 0 aliphatic carbocycles. The van der Waals surface area contributed by atoms with Gasteiger partial charge in [0.05, 0.1) is 7.11 Å². The molecule has 0 saturated carbocycles. The third-order valence-electron chi connectivity index (χ3n) is 6.13. The minimum Gasteiger partial charge on any atom is -0.497 e. The third-order valence-corrected chi connectivity index (χ3v) is 6.13. The molecule has 5 nitrogen and oxygen atoms in total. The number of anilines is 1. The molecule has 4 rings (SSSR count). The highest BCUT2D eigenvalue weighted by atomic mass is 35.5. The van der Waals surface area contributed by atoms with Gasteiger partial charge in [-0.2, -0.15) is 0 Å². The molecule has 0 amide bonds. The second-order valence-electron chi connectivity index (χ2n) is 7.79. The SMILES string of the molecule is COc1ccc([C@H]2[C@@H]3CN(c4nc(C)nc(C)c4C)C[C@@H]3CN2C)cc1.Cl.Cl. The average Bonchev–Trinajstić information content (AvgIpc) is 3.14. The quantitative estimate of drug-likeness (QED) is 0.744. The average molecular weight is 425 g/mol. The van der Waals surface area contributed by atoms with Gasteiger partial charge in [0.1, 0.15) is 17.4 Å². The van der Waals surface area contributed by atoms with Crippen LogP contribution in [-0.2, 0) is 0 Å². The van der Waals surface area contributed by atoms with Gasteiger partial charge >= 0.3 is 0 Å². The van der Waals surface area contributed by atoms with Crippen molar-refractivity contribution in [1.82, 2.24) is 14.9 Å². The Kier molecular flexibility index (Phi) is 7.18. The lowest BCUT2D eigenvalue weighted by Crippen LogP contribution is -2.30. The van der Waals surface area contributed by atoms with Gasteiger partial charge in [0.25, 0.3) is 0 Å². The molecule has 7 heteroatoms. The van der Waals surface area contributed by atoms with Gasteiger partial charge in [-0.25, -0.2) is 9.97 Å². The topological polar surface area (TPSA) is 41.5 Å².